The fourth-order valence-electron chi connectivity index (χ4n) is 5.71. The fraction of sp³-hybridized carbons (Fsp3) is 0.545. The average Bonchev–Trinajstić information content (AvgIpc) is 3.26. The highest BCUT2D eigenvalue weighted by molar-refractivity contribution is 5.71. The second-order valence-corrected chi connectivity index (χ2v) is 15.0. The number of unbranched alkanes of at least 4 members (excludes halogenated alkanes) is 10. The minimum absolute atomic E-state index is 0.132. The summed E-state index contributed by atoms with van der Waals surface area (Å²) in [5.74, 6) is -1.09. The number of carbonyl (C=O) groups excluding carboxylic acids is 3. The van der Waals surface area contributed by atoms with Crippen molar-refractivity contribution in [2.45, 2.75) is 181 Å². The molecule has 0 saturated heterocycles. The molecule has 0 N–H and O–H groups in total. The lowest BCUT2D eigenvalue weighted by Crippen LogP contribution is -2.30. The van der Waals surface area contributed by atoms with E-state index in [1.54, 1.807) is 0 Å². The Hall–Kier alpha value is -4.45. The summed E-state index contributed by atoms with van der Waals surface area (Å²) in [7, 11) is 0. The van der Waals surface area contributed by atoms with Crippen molar-refractivity contribution in [2.75, 3.05) is 13.2 Å². The van der Waals surface area contributed by atoms with Gasteiger partial charge in [-0.2, -0.15) is 0 Å². The van der Waals surface area contributed by atoms with Crippen LogP contribution in [0, 0.1) is 0 Å². The van der Waals surface area contributed by atoms with Crippen molar-refractivity contribution >= 4 is 17.9 Å². The van der Waals surface area contributed by atoms with Gasteiger partial charge in [-0.05, 0) is 96.3 Å². The monoisotopic (exact) mass is 841 g/mol. The molecule has 0 rings (SSSR count). The summed E-state index contributed by atoms with van der Waals surface area (Å²) >= 11 is 0. The molecule has 1 atom stereocenters. The molecule has 1 unspecified atom stereocenters. The van der Waals surface area contributed by atoms with Crippen LogP contribution in [0.15, 0.2) is 134 Å². The van der Waals surface area contributed by atoms with Gasteiger partial charge < -0.3 is 14.2 Å². The lowest BCUT2D eigenvalue weighted by atomic mass is 10.1. The van der Waals surface area contributed by atoms with Crippen molar-refractivity contribution in [1.29, 1.82) is 0 Å². The Kier molecular flexibility index (Phi) is 44.7. The van der Waals surface area contributed by atoms with Gasteiger partial charge in [0, 0.05) is 19.3 Å². The van der Waals surface area contributed by atoms with Crippen LogP contribution < -0.4 is 0 Å². The minimum atomic E-state index is -0.835. The van der Waals surface area contributed by atoms with Gasteiger partial charge in [-0.25, -0.2) is 0 Å². The highest BCUT2D eigenvalue weighted by Crippen LogP contribution is 2.11. The molecule has 61 heavy (non-hydrogen) atoms. The van der Waals surface area contributed by atoms with Gasteiger partial charge in [-0.15, -0.1) is 0 Å². The van der Waals surface area contributed by atoms with Crippen LogP contribution in [0.25, 0.3) is 0 Å². The molecule has 0 fully saturated rings. The zero-order valence-corrected chi connectivity index (χ0v) is 38.6. The quantitative estimate of drug-likeness (QED) is 0.0201. The Bertz CT molecular complexity index is 1380. The van der Waals surface area contributed by atoms with Crippen LogP contribution in [-0.2, 0) is 28.6 Å². The molecule has 0 bridgehead atoms. The first kappa shape index (κ1) is 56.5. The van der Waals surface area contributed by atoms with Gasteiger partial charge in [0.1, 0.15) is 13.2 Å². The molecule has 0 radical (unpaired) electrons. The molecule has 0 aliphatic rings. The predicted molar refractivity (Wildman–Crippen MR) is 260 cm³/mol. The molecule has 0 spiro atoms. The van der Waals surface area contributed by atoms with Crippen molar-refractivity contribution < 1.29 is 28.6 Å². The summed E-state index contributed by atoms with van der Waals surface area (Å²) in [5, 5.41) is 0. The molecule has 0 aromatic carbocycles. The van der Waals surface area contributed by atoms with Crippen LogP contribution in [0.1, 0.15) is 175 Å². The lowest BCUT2D eigenvalue weighted by molar-refractivity contribution is -0.166. The predicted octanol–water partition coefficient (Wildman–Crippen LogP) is 15.5. The van der Waals surface area contributed by atoms with E-state index in [1.807, 2.05) is 36.5 Å². The van der Waals surface area contributed by atoms with Crippen molar-refractivity contribution in [3.05, 3.63) is 134 Å². The Morgan fingerprint density at radius 3 is 1.34 bits per heavy atom. The zero-order chi connectivity index (χ0) is 44.4. The second kappa shape index (κ2) is 48.2. The second-order valence-electron chi connectivity index (χ2n) is 15.0. The molecule has 6 heteroatoms. The van der Waals surface area contributed by atoms with Crippen molar-refractivity contribution in [3.8, 4) is 0 Å². The van der Waals surface area contributed by atoms with Crippen molar-refractivity contribution in [1.82, 2.24) is 0 Å². The number of carbonyl (C=O) groups is 3. The summed E-state index contributed by atoms with van der Waals surface area (Å²) in [4.78, 5) is 37.7. The van der Waals surface area contributed by atoms with Gasteiger partial charge in [0.15, 0.2) is 6.10 Å². The van der Waals surface area contributed by atoms with Crippen molar-refractivity contribution in [2.24, 2.45) is 0 Å². The standard InChI is InChI=1S/C55H84O6/c1-4-7-10-13-16-19-21-23-25-26-27-28-30-31-33-36-39-42-45-48-54(57)60-51-52(50-59-53(56)47-44-41-38-35-18-15-12-9-6-3)61-55(58)49-46-43-40-37-34-32-29-24-22-20-17-14-11-8-5-2/h7-8,10-11,14,16-17,19-20,22-25,27-29,31,33,35,38-39,42,52H,4-6,9,12-13,15,18,21,26,30,32,34,36-37,40-41,43-51H2,1-3H3/b10-7-,11-8-,17-14-,19-16-,22-20-,25-23-,28-27-,29-24-,33-31-,38-35-,42-39-. The number of ether oxygens (including phenoxy) is 3. The molecule has 0 heterocycles. The van der Waals surface area contributed by atoms with Gasteiger partial charge in [0.05, 0.1) is 0 Å². The zero-order valence-electron chi connectivity index (χ0n) is 38.6. The maximum Gasteiger partial charge on any atom is 0.306 e. The van der Waals surface area contributed by atoms with Crippen LogP contribution in [0.2, 0.25) is 0 Å². The molecule has 0 amide bonds. The largest absolute Gasteiger partial charge is 0.462 e. The summed E-state index contributed by atoms with van der Waals surface area (Å²) in [5.41, 5.74) is 0. The Balaban J connectivity index is 4.56. The molecule has 0 saturated carbocycles. The van der Waals surface area contributed by atoms with Crippen LogP contribution in [-0.4, -0.2) is 37.2 Å². The smallest absolute Gasteiger partial charge is 0.306 e. The van der Waals surface area contributed by atoms with E-state index >= 15 is 0 Å². The first-order valence-corrected chi connectivity index (χ1v) is 23.7. The Labute approximate surface area is 373 Å². The fourth-order valence-corrected chi connectivity index (χ4v) is 5.71. The first-order chi connectivity index (χ1) is 30.0. The molecular weight excluding hydrogens is 757 g/mol. The SMILES string of the molecule is CC\C=C/C=C\C=C/C=C\CCCCCCCC(=O)OC(COC(=O)CC/C=C\C/C=C\C/C=C\C/C=C\C/C=C\C/C=C\CC)COC(=O)CCC/C=C\CCCCCC. The normalized spacial score (nSPS) is 13.3. The molecule has 0 aromatic heterocycles. The van der Waals surface area contributed by atoms with E-state index in [4.69, 9.17) is 14.2 Å². The first-order valence-electron chi connectivity index (χ1n) is 23.7. The number of hydrogen-bond acceptors (Lipinski definition) is 6. The van der Waals surface area contributed by atoms with Crippen molar-refractivity contribution in [3.63, 3.8) is 0 Å². The topological polar surface area (TPSA) is 78.9 Å². The van der Waals surface area contributed by atoms with E-state index in [2.05, 4.69) is 118 Å². The third-order valence-electron chi connectivity index (χ3n) is 9.23. The van der Waals surface area contributed by atoms with Gasteiger partial charge >= 0.3 is 17.9 Å². The van der Waals surface area contributed by atoms with Gasteiger partial charge in [-0.1, -0.05) is 193 Å². The van der Waals surface area contributed by atoms with Crippen LogP contribution in [0.5, 0.6) is 0 Å². The van der Waals surface area contributed by atoms with E-state index < -0.39 is 6.10 Å². The maximum atomic E-state index is 12.7. The van der Waals surface area contributed by atoms with Gasteiger partial charge in [-0.3, -0.25) is 14.4 Å². The maximum absolute atomic E-state index is 12.7. The highest BCUT2D eigenvalue weighted by Gasteiger charge is 2.19. The van der Waals surface area contributed by atoms with E-state index in [0.717, 1.165) is 96.3 Å². The van der Waals surface area contributed by atoms with E-state index in [-0.39, 0.29) is 50.4 Å². The third-order valence-corrected chi connectivity index (χ3v) is 9.23. The summed E-state index contributed by atoms with van der Waals surface area (Å²) in [6.45, 7) is 6.20. The average molecular weight is 841 g/mol. The van der Waals surface area contributed by atoms with Crippen LogP contribution in [0.3, 0.4) is 0 Å². The Morgan fingerprint density at radius 1 is 0.361 bits per heavy atom. The van der Waals surface area contributed by atoms with E-state index in [0.29, 0.717) is 12.8 Å². The number of hydrogen-bond donors (Lipinski definition) is 0. The van der Waals surface area contributed by atoms with Gasteiger partial charge in [0.2, 0.25) is 0 Å². The number of esters is 3. The lowest BCUT2D eigenvalue weighted by Gasteiger charge is -2.18. The molecule has 0 aromatic rings. The summed E-state index contributed by atoms with van der Waals surface area (Å²) in [6, 6.07) is 0. The molecule has 0 aliphatic carbocycles. The third kappa shape index (κ3) is 46.5. The summed E-state index contributed by atoms with van der Waals surface area (Å²) in [6.07, 6.45) is 67.4. The summed E-state index contributed by atoms with van der Waals surface area (Å²) < 4.78 is 16.6. The molecule has 340 valence electrons. The number of rotatable bonds is 40. The van der Waals surface area contributed by atoms with Crippen LogP contribution >= 0.6 is 0 Å². The van der Waals surface area contributed by atoms with E-state index in [1.165, 1.54) is 25.7 Å². The molecule has 6 nitrogen and oxygen atoms in total. The number of allylic oxidation sites excluding steroid dienone is 22. The minimum Gasteiger partial charge on any atom is -0.462 e. The van der Waals surface area contributed by atoms with Crippen LogP contribution in [0.4, 0.5) is 0 Å². The van der Waals surface area contributed by atoms with E-state index in [9.17, 15) is 14.4 Å². The Morgan fingerprint density at radius 2 is 0.770 bits per heavy atom. The van der Waals surface area contributed by atoms with Gasteiger partial charge in [0.25, 0.3) is 0 Å². The molecule has 0 aliphatic heterocycles. The highest BCUT2D eigenvalue weighted by atomic mass is 16.6. The molecular formula is C55H84O6.